The molecule has 0 saturated carbocycles. The van der Waals surface area contributed by atoms with E-state index in [9.17, 15) is 0 Å². The second kappa shape index (κ2) is 9.95. The molecule has 0 amide bonds. The predicted molar refractivity (Wildman–Crippen MR) is 96.6 cm³/mol. The van der Waals surface area contributed by atoms with Crippen LogP contribution in [0.1, 0.15) is 0 Å². The zero-order chi connectivity index (χ0) is 15.7. The topological polar surface area (TPSA) is 28.1 Å². The van der Waals surface area contributed by atoms with E-state index in [-0.39, 0.29) is 0 Å². The minimum Gasteiger partial charge on any atom is -0.493 e. The SMILES string of the molecule is CN(C)C(=NCCSCCOc1cccc(Br)c1)N(C)C. The lowest BCUT2D eigenvalue weighted by molar-refractivity contribution is 0.344. The lowest BCUT2D eigenvalue weighted by Crippen LogP contribution is -2.35. The Hall–Kier alpha value is -0.880. The molecular weight excluding hydrogens is 350 g/mol. The van der Waals surface area contributed by atoms with Crippen molar-refractivity contribution in [3.05, 3.63) is 28.7 Å². The molecule has 1 aromatic rings. The summed E-state index contributed by atoms with van der Waals surface area (Å²) in [7, 11) is 8.05. The van der Waals surface area contributed by atoms with Gasteiger partial charge in [0.2, 0.25) is 0 Å². The molecule has 0 radical (unpaired) electrons. The van der Waals surface area contributed by atoms with Crippen LogP contribution in [0.4, 0.5) is 0 Å². The Labute approximate surface area is 140 Å². The van der Waals surface area contributed by atoms with Crippen LogP contribution in [0.25, 0.3) is 0 Å². The molecule has 0 spiro atoms. The molecule has 0 atom stereocenters. The molecule has 0 fully saturated rings. The van der Waals surface area contributed by atoms with Crippen molar-refractivity contribution in [2.24, 2.45) is 4.99 Å². The summed E-state index contributed by atoms with van der Waals surface area (Å²) in [5, 5.41) is 0. The van der Waals surface area contributed by atoms with Gasteiger partial charge in [-0.2, -0.15) is 11.8 Å². The van der Waals surface area contributed by atoms with E-state index in [0.29, 0.717) is 0 Å². The van der Waals surface area contributed by atoms with Crippen molar-refractivity contribution in [2.75, 3.05) is 52.8 Å². The van der Waals surface area contributed by atoms with E-state index in [1.54, 1.807) is 0 Å². The van der Waals surface area contributed by atoms with Crippen LogP contribution in [0.5, 0.6) is 5.75 Å². The largest absolute Gasteiger partial charge is 0.493 e. The van der Waals surface area contributed by atoms with Crippen LogP contribution in [-0.2, 0) is 0 Å². The van der Waals surface area contributed by atoms with E-state index in [1.165, 1.54) is 0 Å². The van der Waals surface area contributed by atoms with E-state index in [1.807, 2.05) is 74.0 Å². The van der Waals surface area contributed by atoms with Crippen molar-refractivity contribution in [1.82, 2.24) is 9.80 Å². The number of thioether (sulfide) groups is 1. The van der Waals surface area contributed by atoms with Gasteiger partial charge in [-0.15, -0.1) is 0 Å². The fourth-order valence-electron chi connectivity index (χ4n) is 1.77. The highest BCUT2D eigenvalue weighted by Crippen LogP contribution is 2.17. The van der Waals surface area contributed by atoms with Crippen LogP contribution in [0.2, 0.25) is 0 Å². The van der Waals surface area contributed by atoms with Crippen molar-refractivity contribution in [1.29, 1.82) is 0 Å². The summed E-state index contributed by atoms with van der Waals surface area (Å²) in [6, 6.07) is 7.92. The second-order valence-electron chi connectivity index (χ2n) is 4.89. The molecule has 4 nitrogen and oxygen atoms in total. The molecule has 0 aliphatic carbocycles. The van der Waals surface area contributed by atoms with E-state index in [4.69, 9.17) is 4.74 Å². The molecule has 0 aliphatic rings. The van der Waals surface area contributed by atoms with Crippen LogP contribution in [0.15, 0.2) is 33.7 Å². The van der Waals surface area contributed by atoms with Gasteiger partial charge in [0.15, 0.2) is 5.96 Å². The monoisotopic (exact) mass is 373 g/mol. The number of ether oxygens (including phenoxy) is 1. The minimum atomic E-state index is 0.721. The number of hydrogen-bond donors (Lipinski definition) is 0. The fourth-order valence-corrected chi connectivity index (χ4v) is 2.77. The van der Waals surface area contributed by atoms with Gasteiger partial charge in [0.1, 0.15) is 5.75 Å². The number of hydrogen-bond acceptors (Lipinski definition) is 3. The molecule has 0 bridgehead atoms. The summed E-state index contributed by atoms with van der Waals surface area (Å²) in [5.74, 6) is 3.89. The first-order valence-corrected chi connectivity index (χ1v) is 8.80. The Kier molecular flexibility index (Phi) is 8.61. The third-order valence-electron chi connectivity index (χ3n) is 2.58. The van der Waals surface area contributed by atoms with Gasteiger partial charge in [-0.1, -0.05) is 22.0 Å². The maximum atomic E-state index is 5.69. The maximum absolute atomic E-state index is 5.69. The highest BCUT2D eigenvalue weighted by Gasteiger charge is 2.02. The van der Waals surface area contributed by atoms with E-state index in [2.05, 4.69) is 20.9 Å². The molecular formula is C15H24BrN3OS. The minimum absolute atomic E-state index is 0.721. The number of nitrogens with zero attached hydrogens (tertiary/aromatic N) is 3. The number of aliphatic imine (C=N–C) groups is 1. The van der Waals surface area contributed by atoms with Gasteiger partial charge in [-0.3, -0.25) is 4.99 Å². The first-order chi connectivity index (χ1) is 10.0. The normalized spacial score (nSPS) is 10.1. The number of rotatable bonds is 7. The third kappa shape index (κ3) is 7.62. The smallest absolute Gasteiger partial charge is 0.195 e. The average Bonchev–Trinajstić information content (AvgIpc) is 2.41. The molecule has 6 heteroatoms. The van der Waals surface area contributed by atoms with E-state index in [0.717, 1.165) is 40.8 Å². The lowest BCUT2D eigenvalue weighted by atomic mass is 10.3. The first kappa shape index (κ1) is 18.2. The Morgan fingerprint density at radius 3 is 2.52 bits per heavy atom. The van der Waals surface area contributed by atoms with Crippen LogP contribution in [0.3, 0.4) is 0 Å². The summed E-state index contributed by atoms with van der Waals surface area (Å²) in [4.78, 5) is 8.65. The number of halogens is 1. The fraction of sp³-hybridized carbons (Fsp3) is 0.533. The molecule has 1 rings (SSSR count). The Bertz CT molecular complexity index is 442. The van der Waals surface area contributed by atoms with Crippen molar-refractivity contribution < 1.29 is 4.74 Å². The molecule has 21 heavy (non-hydrogen) atoms. The van der Waals surface area contributed by atoms with Gasteiger partial charge in [0.05, 0.1) is 13.2 Å². The molecule has 0 aliphatic heterocycles. The van der Waals surface area contributed by atoms with E-state index >= 15 is 0 Å². The Balaban J connectivity index is 2.16. The highest BCUT2D eigenvalue weighted by molar-refractivity contribution is 9.10. The maximum Gasteiger partial charge on any atom is 0.195 e. The summed E-state index contributed by atoms with van der Waals surface area (Å²) in [5.41, 5.74) is 0. The summed E-state index contributed by atoms with van der Waals surface area (Å²) >= 11 is 5.30. The first-order valence-electron chi connectivity index (χ1n) is 6.86. The van der Waals surface area contributed by atoms with Crippen LogP contribution < -0.4 is 4.74 Å². The summed E-state index contributed by atoms with van der Waals surface area (Å²) in [6.07, 6.45) is 0. The van der Waals surface area contributed by atoms with Gasteiger partial charge in [0.25, 0.3) is 0 Å². The highest BCUT2D eigenvalue weighted by atomic mass is 79.9. The van der Waals surface area contributed by atoms with Gasteiger partial charge in [0, 0.05) is 44.2 Å². The molecule has 118 valence electrons. The third-order valence-corrected chi connectivity index (χ3v) is 4.00. The number of benzene rings is 1. The van der Waals surface area contributed by atoms with Crippen molar-refractivity contribution >= 4 is 33.7 Å². The standard InChI is InChI=1S/C15H24BrN3OS/c1-18(2)15(19(3)4)17-8-10-21-11-9-20-14-7-5-6-13(16)12-14/h5-7,12H,8-11H2,1-4H3. The van der Waals surface area contributed by atoms with Crippen molar-refractivity contribution in [3.63, 3.8) is 0 Å². The molecule has 1 aromatic carbocycles. The van der Waals surface area contributed by atoms with Gasteiger partial charge >= 0.3 is 0 Å². The molecule has 0 saturated heterocycles. The molecule has 0 unspecified atom stereocenters. The van der Waals surface area contributed by atoms with Gasteiger partial charge in [-0.05, 0) is 18.2 Å². The Morgan fingerprint density at radius 1 is 1.19 bits per heavy atom. The van der Waals surface area contributed by atoms with Crippen LogP contribution in [0, 0.1) is 0 Å². The van der Waals surface area contributed by atoms with E-state index < -0.39 is 0 Å². The Morgan fingerprint density at radius 2 is 1.90 bits per heavy atom. The molecule has 0 heterocycles. The molecule has 0 aromatic heterocycles. The predicted octanol–water partition coefficient (Wildman–Crippen LogP) is 3.04. The van der Waals surface area contributed by atoms with Crippen molar-refractivity contribution in [2.45, 2.75) is 0 Å². The number of guanidine groups is 1. The molecule has 0 N–H and O–H groups in total. The van der Waals surface area contributed by atoms with Crippen LogP contribution in [-0.4, -0.2) is 68.6 Å². The van der Waals surface area contributed by atoms with Gasteiger partial charge in [-0.25, -0.2) is 0 Å². The second-order valence-corrected chi connectivity index (χ2v) is 7.03. The van der Waals surface area contributed by atoms with Crippen molar-refractivity contribution in [3.8, 4) is 5.75 Å². The summed E-state index contributed by atoms with van der Waals surface area (Å²) in [6.45, 7) is 1.55. The zero-order valence-corrected chi connectivity index (χ0v) is 15.6. The average molecular weight is 374 g/mol. The lowest BCUT2D eigenvalue weighted by Gasteiger charge is -2.22. The van der Waals surface area contributed by atoms with Crippen LogP contribution >= 0.6 is 27.7 Å². The zero-order valence-electron chi connectivity index (χ0n) is 13.2. The quantitative estimate of drug-likeness (QED) is 0.417. The summed E-state index contributed by atoms with van der Waals surface area (Å²) < 4.78 is 6.73. The van der Waals surface area contributed by atoms with Gasteiger partial charge < -0.3 is 14.5 Å².